The normalized spacial score (nSPS) is 16.0. The predicted molar refractivity (Wildman–Crippen MR) is 95.2 cm³/mol. The van der Waals surface area contributed by atoms with E-state index < -0.39 is 15.9 Å². The lowest BCUT2D eigenvalue weighted by atomic mass is 10.2. The van der Waals surface area contributed by atoms with Crippen molar-refractivity contribution in [2.24, 2.45) is 5.73 Å². The van der Waals surface area contributed by atoms with Crippen LogP contribution in [0.5, 0.6) is 0 Å². The molecule has 1 aromatic heterocycles. The van der Waals surface area contributed by atoms with E-state index in [9.17, 15) is 13.2 Å². The van der Waals surface area contributed by atoms with Crippen LogP contribution in [0, 0.1) is 0 Å². The van der Waals surface area contributed by atoms with Crippen molar-refractivity contribution in [3.8, 4) is 0 Å². The van der Waals surface area contributed by atoms with Crippen LogP contribution in [0.4, 0.5) is 5.82 Å². The zero-order valence-electron chi connectivity index (χ0n) is 13.3. The Balaban J connectivity index is 1.76. The van der Waals surface area contributed by atoms with E-state index in [2.05, 4.69) is 4.98 Å². The second kappa shape index (κ2) is 6.99. The number of hydrogen-bond acceptors (Lipinski definition) is 5. The van der Waals surface area contributed by atoms with Gasteiger partial charge in [0.1, 0.15) is 5.82 Å². The number of carbonyl (C=O) groups is 1. The van der Waals surface area contributed by atoms with Crippen LogP contribution in [0.2, 0.25) is 5.02 Å². The molecule has 2 aromatic rings. The van der Waals surface area contributed by atoms with Crippen molar-refractivity contribution >= 4 is 33.3 Å². The maximum atomic E-state index is 12.7. The number of piperazine rings is 1. The summed E-state index contributed by atoms with van der Waals surface area (Å²) in [6.45, 7) is 1.42. The number of benzene rings is 1. The molecule has 0 unspecified atom stereocenters. The summed E-state index contributed by atoms with van der Waals surface area (Å²) < 4.78 is 26.8. The van der Waals surface area contributed by atoms with Gasteiger partial charge in [-0.25, -0.2) is 13.4 Å². The van der Waals surface area contributed by atoms with Crippen molar-refractivity contribution in [2.45, 2.75) is 4.90 Å². The van der Waals surface area contributed by atoms with Crippen LogP contribution >= 0.6 is 11.6 Å². The summed E-state index contributed by atoms with van der Waals surface area (Å²) in [6, 6.07) is 9.35. The fraction of sp³-hybridized carbons (Fsp3) is 0.250. The van der Waals surface area contributed by atoms with Gasteiger partial charge in [0.15, 0.2) is 0 Å². The first kappa shape index (κ1) is 17.7. The minimum Gasteiger partial charge on any atom is -0.365 e. The van der Waals surface area contributed by atoms with Crippen LogP contribution in [0.3, 0.4) is 0 Å². The number of nitrogens with zero attached hydrogens (tertiary/aromatic N) is 3. The molecule has 9 heteroatoms. The van der Waals surface area contributed by atoms with Crippen LogP contribution in [0.25, 0.3) is 0 Å². The van der Waals surface area contributed by atoms with E-state index in [1.807, 2.05) is 4.90 Å². The average Bonchev–Trinajstić information content (AvgIpc) is 2.62. The van der Waals surface area contributed by atoms with Gasteiger partial charge in [0.25, 0.3) is 5.91 Å². The lowest BCUT2D eigenvalue weighted by Gasteiger charge is -2.35. The minimum absolute atomic E-state index is 0.209. The average molecular weight is 381 g/mol. The zero-order chi connectivity index (χ0) is 18.0. The molecule has 1 saturated heterocycles. The highest BCUT2D eigenvalue weighted by Crippen LogP contribution is 2.23. The maximum absolute atomic E-state index is 12.7. The largest absolute Gasteiger partial charge is 0.365 e. The van der Waals surface area contributed by atoms with Crippen molar-refractivity contribution in [1.29, 1.82) is 0 Å². The number of pyridine rings is 1. The number of sulfonamides is 1. The summed E-state index contributed by atoms with van der Waals surface area (Å²) >= 11 is 5.82. The molecular weight excluding hydrogens is 364 g/mol. The van der Waals surface area contributed by atoms with Crippen LogP contribution in [0.15, 0.2) is 47.5 Å². The van der Waals surface area contributed by atoms with E-state index in [1.165, 1.54) is 16.4 Å². The monoisotopic (exact) mass is 380 g/mol. The highest BCUT2D eigenvalue weighted by Gasteiger charge is 2.29. The molecule has 1 fully saturated rings. The Morgan fingerprint density at radius 1 is 1.08 bits per heavy atom. The Hall–Kier alpha value is -2.16. The zero-order valence-corrected chi connectivity index (χ0v) is 14.9. The smallest absolute Gasteiger partial charge is 0.252 e. The first-order valence-electron chi connectivity index (χ1n) is 7.65. The fourth-order valence-electron chi connectivity index (χ4n) is 2.74. The van der Waals surface area contributed by atoms with E-state index in [-0.39, 0.29) is 4.90 Å². The maximum Gasteiger partial charge on any atom is 0.252 e. The molecule has 1 amide bonds. The molecule has 0 spiro atoms. The van der Waals surface area contributed by atoms with Crippen LogP contribution in [-0.4, -0.2) is 49.8 Å². The number of amides is 1. The topological polar surface area (TPSA) is 96.6 Å². The number of primary amides is 1. The van der Waals surface area contributed by atoms with Crippen LogP contribution < -0.4 is 10.6 Å². The van der Waals surface area contributed by atoms with Crippen LogP contribution in [-0.2, 0) is 10.0 Å². The van der Waals surface area contributed by atoms with Gasteiger partial charge in [-0.2, -0.15) is 4.31 Å². The minimum atomic E-state index is -3.57. The number of hydrogen-bond donors (Lipinski definition) is 1. The van der Waals surface area contributed by atoms with Gasteiger partial charge in [0.2, 0.25) is 10.0 Å². The lowest BCUT2D eigenvalue weighted by Crippen LogP contribution is -2.49. The molecule has 25 heavy (non-hydrogen) atoms. The highest BCUT2D eigenvalue weighted by molar-refractivity contribution is 7.89. The Kier molecular flexibility index (Phi) is 4.94. The first-order chi connectivity index (χ1) is 11.9. The van der Waals surface area contributed by atoms with Gasteiger partial charge in [0, 0.05) is 37.4 Å². The molecule has 3 rings (SSSR count). The number of carbonyl (C=O) groups excluding carboxylic acids is 1. The molecule has 0 radical (unpaired) electrons. The predicted octanol–water partition coefficient (Wildman–Crippen LogP) is 1.34. The van der Waals surface area contributed by atoms with Crippen molar-refractivity contribution in [3.63, 3.8) is 0 Å². The summed E-state index contributed by atoms with van der Waals surface area (Å²) in [4.78, 5) is 17.8. The van der Waals surface area contributed by atoms with Crippen LogP contribution in [0.1, 0.15) is 10.4 Å². The van der Waals surface area contributed by atoms with E-state index in [0.29, 0.717) is 42.6 Å². The quantitative estimate of drug-likeness (QED) is 0.863. The molecule has 1 aliphatic heterocycles. The standard InChI is InChI=1S/C16H17ClN4O3S/c17-12-3-5-13(6-4-12)25(23,24)21-10-8-20(9-11-21)16-14(15(18)22)2-1-7-19-16/h1-7H,8-11H2,(H2,18,22). The summed E-state index contributed by atoms with van der Waals surface area (Å²) in [5.74, 6) is -0.0714. The third-order valence-corrected chi connectivity index (χ3v) is 6.21. The molecule has 2 heterocycles. The van der Waals surface area contributed by atoms with Crippen molar-refractivity contribution in [2.75, 3.05) is 31.1 Å². The van der Waals surface area contributed by atoms with Gasteiger partial charge in [-0.3, -0.25) is 4.79 Å². The van der Waals surface area contributed by atoms with Crippen molar-refractivity contribution < 1.29 is 13.2 Å². The molecule has 7 nitrogen and oxygen atoms in total. The highest BCUT2D eigenvalue weighted by atomic mass is 35.5. The molecule has 2 N–H and O–H groups in total. The molecular formula is C16H17ClN4O3S. The Morgan fingerprint density at radius 3 is 2.32 bits per heavy atom. The third-order valence-electron chi connectivity index (χ3n) is 4.04. The molecule has 1 aromatic carbocycles. The summed E-state index contributed by atoms with van der Waals surface area (Å²) in [5, 5.41) is 0.484. The van der Waals surface area contributed by atoms with Gasteiger partial charge in [-0.15, -0.1) is 0 Å². The van der Waals surface area contributed by atoms with E-state index in [4.69, 9.17) is 17.3 Å². The van der Waals surface area contributed by atoms with E-state index >= 15 is 0 Å². The Morgan fingerprint density at radius 2 is 1.72 bits per heavy atom. The summed E-state index contributed by atoms with van der Waals surface area (Å²) in [6.07, 6.45) is 1.58. The lowest BCUT2D eigenvalue weighted by molar-refractivity contribution is 0.100. The molecule has 1 aliphatic rings. The molecule has 132 valence electrons. The SMILES string of the molecule is NC(=O)c1cccnc1N1CCN(S(=O)(=O)c2ccc(Cl)cc2)CC1. The number of anilines is 1. The third kappa shape index (κ3) is 3.60. The van der Waals surface area contributed by atoms with E-state index in [0.717, 1.165) is 0 Å². The number of halogens is 1. The number of nitrogens with two attached hydrogens (primary N) is 1. The first-order valence-corrected chi connectivity index (χ1v) is 9.47. The van der Waals surface area contributed by atoms with Crippen molar-refractivity contribution in [1.82, 2.24) is 9.29 Å². The second-order valence-corrected chi connectivity index (χ2v) is 7.96. The molecule has 0 atom stereocenters. The fourth-order valence-corrected chi connectivity index (χ4v) is 4.29. The van der Waals surface area contributed by atoms with Gasteiger partial charge >= 0.3 is 0 Å². The van der Waals surface area contributed by atoms with Gasteiger partial charge in [-0.05, 0) is 36.4 Å². The molecule has 0 saturated carbocycles. The number of aromatic nitrogens is 1. The second-order valence-electron chi connectivity index (χ2n) is 5.58. The van der Waals surface area contributed by atoms with Gasteiger partial charge in [-0.1, -0.05) is 11.6 Å². The molecule has 0 aliphatic carbocycles. The van der Waals surface area contributed by atoms with Gasteiger partial charge in [0.05, 0.1) is 10.5 Å². The Bertz CT molecular complexity index is 879. The summed E-state index contributed by atoms with van der Waals surface area (Å²) in [5.41, 5.74) is 5.71. The summed E-state index contributed by atoms with van der Waals surface area (Å²) in [7, 11) is -3.57. The molecule has 0 bridgehead atoms. The van der Waals surface area contributed by atoms with Gasteiger partial charge < -0.3 is 10.6 Å². The Labute approximate surface area is 151 Å². The number of rotatable bonds is 4. The van der Waals surface area contributed by atoms with Crippen molar-refractivity contribution in [3.05, 3.63) is 53.2 Å². The van der Waals surface area contributed by atoms with E-state index in [1.54, 1.807) is 30.5 Å².